The average molecular weight is 562 g/mol. The third kappa shape index (κ3) is 4.65. The molecule has 2 amide bonds. The maximum atomic E-state index is 13.9. The summed E-state index contributed by atoms with van der Waals surface area (Å²) in [5.74, 6) is 0.417. The molecule has 2 aromatic heterocycles. The van der Waals surface area contributed by atoms with Gasteiger partial charge in [0.05, 0.1) is 18.2 Å². The minimum atomic E-state index is -4.28. The smallest absolute Gasteiger partial charge is 0.389 e. The van der Waals surface area contributed by atoms with Crippen LogP contribution in [0.25, 0.3) is 11.2 Å². The number of aliphatic hydroxyl groups is 1. The molecule has 4 heterocycles. The number of aryl methyl sites for hydroxylation is 1. The van der Waals surface area contributed by atoms with E-state index in [9.17, 15) is 27.9 Å². The number of fused-ring (bicyclic) bond motifs is 3. The van der Waals surface area contributed by atoms with Crippen LogP contribution in [0.5, 0.6) is 0 Å². The Labute approximate surface area is 227 Å². The Morgan fingerprint density at radius 1 is 1.13 bits per heavy atom. The Hall–Kier alpha value is -3.18. The molecule has 1 saturated carbocycles. The van der Waals surface area contributed by atoms with Crippen molar-refractivity contribution in [2.75, 3.05) is 18.0 Å². The van der Waals surface area contributed by atoms with Gasteiger partial charge in [-0.1, -0.05) is 29.8 Å². The number of carbonyl (C=O) groups is 2. The Balaban J connectivity index is 1.25. The molecule has 8 nitrogen and oxygen atoms in total. The van der Waals surface area contributed by atoms with E-state index in [1.807, 2.05) is 24.3 Å². The number of imidazole rings is 1. The van der Waals surface area contributed by atoms with Crippen LogP contribution < -0.4 is 4.90 Å². The van der Waals surface area contributed by atoms with Gasteiger partial charge in [0.1, 0.15) is 16.4 Å². The molecule has 1 aromatic carbocycles. The minimum absolute atomic E-state index is 0.0179. The number of alkyl halides is 3. The molecule has 0 radical (unpaired) electrons. The average Bonchev–Trinajstić information content (AvgIpc) is 3.28. The second-order valence-corrected chi connectivity index (χ2v) is 11.2. The third-order valence-electron chi connectivity index (χ3n) is 8.11. The number of benzene rings is 1. The van der Waals surface area contributed by atoms with E-state index in [0.29, 0.717) is 41.9 Å². The number of para-hydroxylation sites is 1. The number of hydrogen-bond acceptors (Lipinski definition) is 5. The summed E-state index contributed by atoms with van der Waals surface area (Å²) < 4.78 is 40.3. The van der Waals surface area contributed by atoms with Gasteiger partial charge in [0.25, 0.3) is 0 Å². The maximum absolute atomic E-state index is 13.9. The number of halogens is 4. The summed E-state index contributed by atoms with van der Waals surface area (Å²) in [6, 6.07) is 10.7. The van der Waals surface area contributed by atoms with Crippen LogP contribution in [0.3, 0.4) is 0 Å². The molecular formula is C27H27ClF3N5O3. The van der Waals surface area contributed by atoms with E-state index in [-0.39, 0.29) is 61.6 Å². The first-order valence-corrected chi connectivity index (χ1v) is 13.4. The van der Waals surface area contributed by atoms with Crippen LogP contribution in [0.1, 0.15) is 43.5 Å². The van der Waals surface area contributed by atoms with Crippen LogP contribution in [-0.2, 0) is 28.1 Å². The van der Waals surface area contributed by atoms with Crippen molar-refractivity contribution in [3.05, 3.63) is 52.9 Å². The molecule has 2 fully saturated rings. The number of nitrogens with zero attached hydrogens (tertiary/aromatic N) is 5. The van der Waals surface area contributed by atoms with Crippen molar-refractivity contribution in [2.45, 2.75) is 62.9 Å². The van der Waals surface area contributed by atoms with Crippen LogP contribution in [0.15, 0.2) is 36.4 Å². The van der Waals surface area contributed by atoms with Gasteiger partial charge in [-0.25, -0.2) is 9.97 Å². The first kappa shape index (κ1) is 26.1. The maximum Gasteiger partial charge on any atom is 0.389 e. The second kappa shape index (κ2) is 9.48. The Morgan fingerprint density at radius 3 is 2.59 bits per heavy atom. The number of aromatic nitrogens is 3. The highest BCUT2D eigenvalue weighted by Crippen LogP contribution is 2.48. The SMILES string of the molecule is O=C(CC1CC(O)C1)N1CC2(C1)C(=O)N(Cc1nc3nc(Cl)ccc3n1CCCC(F)(F)F)c1ccccc12. The lowest BCUT2D eigenvalue weighted by molar-refractivity contribution is -0.146. The van der Waals surface area contributed by atoms with E-state index in [4.69, 9.17) is 11.6 Å². The highest BCUT2D eigenvalue weighted by Gasteiger charge is 2.59. The van der Waals surface area contributed by atoms with Gasteiger partial charge < -0.3 is 19.5 Å². The van der Waals surface area contributed by atoms with E-state index >= 15 is 0 Å². The Bertz CT molecular complexity index is 1450. The van der Waals surface area contributed by atoms with E-state index < -0.39 is 18.0 Å². The van der Waals surface area contributed by atoms with Gasteiger partial charge in [0, 0.05) is 38.2 Å². The third-order valence-corrected chi connectivity index (χ3v) is 8.32. The molecule has 1 aliphatic carbocycles. The monoisotopic (exact) mass is 561 g/mol. The predicted molar refractivity (Wildman–Crippen MR) is 137 cm³/mol. The molecule has 0 atom stereocenters. The zero-order chi connectivity index (χ0) is 27.5. The molecule has 0 bridgehead atoms. The zero-order valence-electron chi connectivity index (χ0n) is 21.0. The van der Waals surface area contributed by atoms with Gasteiger partial charge in [0.15, 0.2) is 5.65 Å². The first-order chi connectivity index (χ1) is 18.5. The van der Waals surface area contributed by atoms with Crippen molar-refractivity contribution in [1.82, 2.24) is 19.4 Å². The molecular weight excluding hydrogens is 535 g/mol. The van der Waals surface area contributed by atoms with E-state index in [1.165, 1.54) is 0 Å². The van der Waals surface area contributed by atoms with Gasteiger partial charge >= 0.3 is 6.18 Å². The number of pyridine rings is 1. The van der Waals surface area contributed by atoms with E-state index in [2.05, 4.69) is 9.97 Å². The molecule has 6 rings (SSSR count). The van der Waals surface area contributed by atoms with Crippen LogP contribution in [0.2, 0.25) is 5.15 Å². The number of anilines is 1. The molecule has 3 aromatic rings. The van der Waals surface area contributed by atoms with E-state index in [1.54, 1.807) is 26.5 Å². The normalized spacial score (nSPS) is 21.8. The minimum Gasteiger partial charge on any atom is -0.393 e. The van der Waals surface area contributed by atoms with Gasteiger partial charge in [-0.2, -0.15) is 13.2 Å². The molecule has 206 valence electrons. The molecule has 2 aliphatic heterocycles. The van der Waals surface area contributed by atoms with Gasteiger partial charge in [-0.3, -0.25) is 9.59 Å². The fourth-order valence-corrected chi connectivity index (χ4v) is 6.21. The lowest BCUT2D eigenvalue weighted by atomic mass is 9.73. The number of carbonyl (C=O) groups excluding carboxylic acids is 2. The second-order valence-electron chi connectivity index (χ2n) is 10.8. The van der Waals surface area contributed by atoms with Crippen LogP contribution in [-0.4, -0.2) is 61.7 Å². The lowest BCUT2D eigenvalue weighted by Gasteiger charge is -2.47. The van der Waals surface area contributed by atoms with Crippen LogP contribution in [0.4, 0.5) is 18.9 Å². The summed E-state index contributed by atoms with van der Waals surface area (Å²) in [5.41, 5.74) is 1.53. The van der Waals surface area contributed by atoms with E-state index in [0.717, 1.165) is 5.56 Å². The topological polar surface area (TPSA) is 91.6 Å². The summed E-state index contributed by atoms with van der Waals surface area (Å²) in [6.45, 7) is 0.645. The molecule has 12 heteroatoms. The van der Waals surface area contributed by atoms with Crippen LogP contribution in [0, 0.1) is 5.92 Å². The lowest BCUT2D eigenvalue weighted by Crippen LogP contribution is -2.65. The van der Waals surface area contributed by atoms with Crippen molar-refractivity contribution in [1.29, 1.82) is 0 Å². The largest absolute Gasteiger partial charge is 0.393 e. The molecule has 39 heavy (non-hydrogen) atoms. The number of likely N-dealkylation sites (tertiary alicyclic amines) is 1. The molecule has 1 spiro atoms. The highest BCUT2D eigenvalue weighted by atomic mass is 35.5. The number of rotatable bonds is 7. The quantitative estimate of drug-likeness (QED) is 0.436. The Kier molecular flexibility index (Phi) is 6.33. The van der Waals surface area contributed by atoms with Crippen LogP contribution >= 0.6 is 11.6 Å². The molecule has 0 unspecified atom stereocenters. The van der Waals surface area contributed by atoms with Crippen molar-refractivity contribution in [3.63, 3.8) is 0 Å². The molecule has 1 saturated heterocycles. The number of hydrogen-bond donors (Lipinski definition) is 1. The highest BCUT2D eigenvalue weighted by molar-refractivity contribution is 6.29. The molecule has 3 aliphatic rings. The molecule has 1 N–H and O–H groups in total. The summed E-state index contributed by atoms with van der Waals surface area (Å²) in [5, 5.41) is 9.74. The van der Waals surface area contributed by atoms with Crippen molar-refractivity contribution in [3.8, 4) is 0 Å². The standard InChI is InChI=1S/C27H27ClF3N5O3/c28-21-7-6-20-24(32-21)33-22(35(20)9-3-8-27(29,30)31)13-36-19-5-2-1-4-18(19)26(25(36)39)14-34(15-26)23(38)12-16-10-17(37)11-16/h1-2,4-7,16-17,37H,3,8-15H2. The number of amides is 2. The fourth-order valence-electron chi connectivity index (χ4n) is 6.07. The van der Waals surface area contributed by atoms with Crippen molar-refractivity contribution < 1.29 is 27.9 Å². The van der Waals surface area contributed by atoms with Crippen molar-refractivity contribution in [2.24, 2.45) is 5.92 Å². The predicted octanol–water partition coefficient (Wildman–Crippen LogP) is 4.22. The van der Waals surface area contributed by atoms with Crippen molar-refractivity contribution >= 4 is 40.3 Å². The van der Waals surface area contributed by atoms with Gasteiger partial charge in [0.2, 0.25) is 11.8 Å². The summed E-state index contributed by atoms with van der Waals surface area (Å²) in [6.07, 6.45) is -4.06. The first-order valence-electron chi connectivity index (χ1n) is 13.0. The summed E-state index contributed by atoms with van der Waals surface area (Å²) >= 11 is 6.04. The van der Waals surface area contributed by atoms with Gasteiger partial charge in [-0.15, -0.1) is 0 Å². The summed E-state index contributed by atoms with van der Waals surface area (Å²) in [7, 11) is 0. The number of aliphatic hydroxyl groups excluding tert-OH is 1. The van der Waals surface area contributed by atoms with Gasteiger partial charge in [-0.05, 0) is 48.9 Å². The fraction of sp³-hybridized carbons (Fsp3) is 0.481. The zero-order valence-corrected chi connectivity index (χ0v) is 21.8. The summed E-state index contributed by atoms with van der Waals surface area (Å²) in [4.78, 5) is 38.8. The Morgan fingerprint density at radius 2 is 1.87 bits per heavy atom.